The summed E-state index contributed by atoms with van der Waals surface area (Å²) >= 11 is 0. The fourth-order valence-electron chi connectivity index (χ4n) is 4.70. The van der Waals surface area contributed by atoms with Gasteiger partial charge >= 0.3 is 0 Å². The third-order valence-corrected chi connectivity index (χ3v) is 5.85. The number of benzene rings is 2. The number of aliphatic hydroxyl groups is 1. The Hall–Kier alpha value is -1.58. The Bertz CT molecular complexity index is 710. The van der Waals surface area contributed by atoms with E-state index in [1.54, 1.807) is 7.11 Å². The summed E-state index contributed by atoms with van der Waals surface area (Å²) in [6.07, 6.45) is 5.23. The molecule has 0 bridgehead atoms. The number of fused-ring (bicyclic) bond motifs is 2. The fourth-order valence-corrected chi connectivity index (χ4v) is 4.70. The Balaban J connectivity index is 1.87. The maximum Gasteiger partial charge on any atom is 0.124 e. The molecule has 2 fully saturated rings. The Morgan fingerprint density at radius 1 is 1.13 bits per heavy atom. The molecule has 2 N–H and O–H groups in total. The number of hydrogen-bond acceptors (Lipinski definition) is 3. The molecule has 1 aliphatic carbocycles. The SMILES string of the molecule is COc1ccc2ccccc2c1[C@H]1NCC[C@@]2(O)CCCC[C@@H]12. The van der Waals surface area contributed by atoms with Crippen molar-refractivity contribution in [3.63, 3.8) is 0 Å². The quantitative estimate of drug-likeness (QED) is 0.886. The van der Waals surface area contributed by atoms with Crippen molar-refractivity contribution in [2.45, 2.75) is 43.7 Å². The smallest absolute Gasteiger partial charge is 0.124 e. The van der Waals surface area contributed by atoms with Crippen LogP contribution < -0.4 is 10.1 Å². The lowest BCUT2D eigenvalue weighted by Crippen LogP contribution is -2.53. The van der Waals surface area contributed by atoms with Crippen molar-refractivity contribution in [3.8, 4) is 5.75 Å². The van der Waals surface area contributed by atoms with E-state index in [1.807, 2.05) is 0 Å². The molecule has 3 nitrogen and oxygen atoms in total. The normalized spacial score (nSPS) is 30.9. The molecule has 0 spiro atoms. The molecule has 23 heavy (non-hydrogen) atoms. The highest BCUT2D eigenvalue weighted by Gasteiger charge is 2.46. The summed E-state index contributed by atoms with van der Waals surface area (Å²) in [7, 11) is 1.74. The first-order valence-corrected chi connectivity index (χ1v) is 8.74. The second-order valence-electron chi connectivity index (χ2n) is 7.04. The standard InChI is InChI=1S/C20H25NO2/c1-23-17-10-9-14-6-2-3-7-15(14)18(17)19-16-8-4-5-11-20(16,22)12-13-21-19/h2-3,6-7,9-10,16,19,21-22H,4-5,8,11-13H2,1H3/t16-,19-,20-/m0/s1. The van der Waals surface area contributed by atoms with E-state index in [0.29, 0.717) is 0 Å². The van der Waals surface area contributed by atoms with Crippen molar-refractivity contribution in [1.82, 2.24) is 5.32 Å². The number of hydrogen-bond donors (Lipinski definition) is 2. The first-order valence-electron chi connectivity index (χ1n) is 8.74. The van der Waals surface area contributed by atoms with E-state index in [2.05, 4.69) is 41.7 Å². The van der Waals surface area contributed by atoms with Crippen LogP contribution >= 0.6 is 0 Å². The van der Waals surface area contributed by atoms with Gasteiger partial charge in [-0.25, -0.2) is 0 Å². The molecule has 1 saturated heterocycles. The number of piperidine rings is 1. The van der Waals surface area contributed by atoms with Crippen LogP contribution in [-0.2, 0) is 0 Å². The van der Waals surface area contributed by atoms with Crippen LogP contribution in [0.1, 0.15) is 43.7 Å². The third-order valence-electron chi connectivity index (χ3n) is 5.85. The van der Waals surface area contributed by atoms with Crippen LogP contribution in [0.5, 0.6) is 5.75 Å². The second kappa shape index (κ2) is 5.81. The van der Waals surface area contributed by atoms with E-state index in [0.717, 1.165) is 38.0 Å². The van der Waals surface area contributed by atoms with Crippen molar-refractivity contribution in [2.24, 2.45) is 5.92 Å². The molecule has 3 atom stereocenters. The highest BCUT2D eigenvalue weighted by atomic mass is 16.5. The Kier molecular flexibility index (Phi) is 3.78. The van der Waals surface area contributed by atoms with Gasteiger partial charge < -0.3 is 15.2 Å². The van der Waals surface area contributed by atoms with Crippen LogP contribution in [-0.4, -0.2) is 24.4 Å². The number of rotatable bonds is 2. The van der Waals surface area contributed by atoms with E-state index >= 15 is 0 Å². The Morgan fingerprint density at radius 2 is 2.00 bits per heavy atom. The zero-order valence-electron chi connectivity index (χ0n) is 13.7. The average molecular weight is 311 g/mol. The Labute approximate surface area is 137 Å². The van der Waals surface area contributed by atoms with Gasteiger partial charge in [0.15, 0.2) is 0 Å². The van der Waals surface area contributed by atoms with E-state index in [1.165, 1.54) is 22.8 Å². The lowest BCUT2D eigenvalue weighted by Gasteiger charge is -2.48. The monoisotopic (exact) mass is 311 g/mol. The summed E-state index contributed by atoms with van der Waals surface area (Å²) in [6, 6.07) is 12.8. The van der Waals surface area contributed by atoms with Gasteiger partial charge in [0.05, 0.1) is 12.7 Å². The largest absolute Gasteiger partial charge is 0.496 e. The zero-order valence-corrected chi connectivity index (χ0v) is 13.7. The van der Waals surface area contributed by atoms with Gasteiger partial charge in [-0.1, -0.05) is 43.2 Å². The lowest BCUT2D eigenvalue weighted by molar-refractivity contribution is -0.0861. The molecule has 0 amide bonds. The number of ether oxygens (including phenoxy) is 1. The van der Waals surface area contributed by atoms with Crippen LogP contribution in [0.2, 0.25) is 0 Å². The van der Waals surface area contributed by atoms with Crippen LogP contribution in [0.25, 0.3) is 10.8 Å². The average Bonchev–Trinajstić information content (AvgIpc) is 2.59. The van der Waals surface area contributed by atoms with Gasteiger partial charge in [0.1, 0.15) is 5.75 Å². The topological polar surface area (TPSA) is 41.5 Å². The third kappa shape index (κ3) is 2.43. The molecule has 122 valence electrons. The molecule has 4 rings (SSSR count). The van der Waals surface area contributed by atoms with Crippen LogP contribution in [0.15, 0.2) is 36.4 Å². The molecule has 2 aromatic carbocycles. The molecule has 0 aromatic heterocycles. The summed E-state index contributed by atoms with van der Waals surface area (Å²) in [5, 5.41) is 17.3. The predicted molar refractivity (Wildman–Crippen MR) is 92.8 cm³/mol. The van der Waals surface area contributed by atoms with Crippen LogP contribution in [0.3, 0.4) is 0 Å². The minimum absolute atomic E-state index is 0.162. The van der Waals surface area contributed by atoms with Gasteiger partial charge in [-0.05, 0) is 42.6 Å². The molecule has 3 heteroatoms. The molecular formula is C20H25NO2. The van der Waals surface area contributed by atoms with Gasteiger partial charge in [-0.2, -0.15) is 0 Å². The van der Waals surface area contributed by atoms with Crippen LogP contribution in [0.4, 0.5) is 0 Å². The van der Waals surface area contributed by atoms with Crippen molar-refractivity contribution in [1.29, 1.82) is 0 Å². The van der Waals surface area contributed by atoms with Crippen molar-refractivity contribution in [3.05, 3.63) is 42.0 Å². The summed E-state index contributed by atoms with van der Waals surface area (Å²) in [5.74, 6) is 1.20. The van der Waals surface area contributed by atoms with Gasteiger partial charge in [0, 0.05) is 17.5 Å². The maximum atomic E-state index is 11.2. The maximum absolute atomic E-state index is 11.2. The molecule has 1 aliphatic heterocycles. The van der Waals surface area contributed by atoms with Gasteiger partial charge in [-0.3, -0.25) is 0 Å². The van der Waals surface area contributed by atoms with Crippen molar-refractivity contribution in [2.75, 3.05) is 13.7 Å². The van der Waals surface area contributed by atoms with E-state index in [9.17, 15) is 5.11 Å². The molecule has 1 heterocycles. The lowest BCUT2D eigenvalue weighted by atomic mass is 9.66. The van der Waals surface area contributed by atoms with Gasteiger partial charge in [-0.15, -0.1) is 0 Å². The second-order valence-corrected chi connectivity index (χ2v) is 7.04. The van der Waals surface area contributed by atoms with Crippen molar-refractivity contribution < 1.29 is 9.84 Å². The number of methoxy groups -OCH3 is 1. The highest BCUT2D eigenvalue weighted by Crippen LogP contribution is 2.48. The molecule has 0 radical (unpaired) electrons. The molecular weight excluding hydrogens is 286 g/mol. The minimum atomic E-state index is -0.518. The first-order chi connectivity index (χ1) is 11.2. The molecule has 2 aromatic rings. The summed E-state index contributed by atoms with van der Waals surface area (Å²) in [5.41, 5.74) is 0.700. The fraction of sp³-hybridized carbons (Fsp3) is 0.500. The Morgan fingerprint density at radius 3 is 2.87 bits per heavy atom. The first kappa shape index (κ1) is 15.0. The van der Waals surface area contributed by atoms with Gasteiger partial charge in [0.2, 0.25) is 0 Å². The predicted octanol–water partition coefficient (Wildman–Crippen LogP) is 3.80. The summed E-state index contributed by atoms with van der Waals surface area (Å²) < 4.78 is 5.70. The van der Waals surface area contributed by atoms with Crippen molar-refractivity contribution >= 4 is 10.8 Å². The molecule has 0 unspecified atom stereocenters. The minimum Gasteiger partial charge on any atom is -0.496 e. The molecule has 2 aliphatic rings. The van der Waals surface area contributed by atoms with E-state index in [-0.39, 0.29) is 12.0 Å². The highest BCUT2D eigenvalue weighted by molar-refractivity contribution is 5.88. The van der Waals surface area contributed by atoms with Gasteiger partial charge in [0.25, 0.3) is 0 Å². The number of nitrogens with one attached hydrogen (secondary N) is 1. The summed E-state index contributed by atoms with van der Waals surface area (Å²) in [6.45, 7) is 0.865. The van der Waals surface area contributed by atoms with Crippen LogP contribution in [0, 0.1) is 5.92 Å². The zero-order chi connectivity index (χ0) is 15.9. The molecule has 1 saturated carbocycles. The summed E-state index contributed by atoms with van der Waals surface area (Å²) in [4.78, 5) is 0. The van der Waals surface area contributed by atoms with E-state index < -0.39 is 5.60 Å². The van der Waals surface area contributed by atoms with E-state index in [4.69, 9.17) is 4.74 Å².